The van der Waals surface area contributed by atoms with Crippen molar-refractivity contribution in [1.82, 2.24) is 20.3 Å². The highest BCUT2D eigenvalue weighted by molar-refractivity contribution is 7.98. The lowest BCUT2D eigenvalue weighted by Gasteiger charge is -2.09. The van der Waals surface area contributed by atoms with E-state index in [9.17, 15) is 9.59 Å². The Bertz CT molecular complexity index is 973. The number of rotatable bonds is 6. The fraction of sp³-hybridized carbons (Fsp3) is 0.200. The molecule has 0 unspecified atom stereocenters. The molecule has 1 N–H and O–H groups in total. The molecule has 2 heterocycles. The molecule has 0 spiro atoms. The molecular formula is C20H18N4O3S. The van der Waals surface area contributed by atoms with Crippen LogP contribution in [0.1, 0.15) is 16.8 Å². The first-order valence-corrected chi connectivity index (χ1v) is 9.83. The smallest absolute Gasteiger partial charge is 0.328 e. The van der Waals surface area contributed by atoms with Crippen molar-refractivity contribution in [3.05, 3.63) is 66.4 Å². The maximum Gasteiger partial charge on any atom is 0.328 e. The van der Waals surface area contributed by atoms with E-state index in [2.05, 4.69) is 27.8 Å². The summed E-state index contributed by atoms with van der Waals surface area (Å²) in [5.74, 6) is -0.0112. The van der Waals surface area contributed by atoms with Gasteiger partial charge in [-0.05, 0) is 24.3 Å². The number of hydrogen-bond donors (Lipinski definition) is 1. The van der Waals surface area contributed by atoms with E-state index in [1.165, 1.54) is 4.90 Å². The number of aromatic nitrogens is 3. The van der Waals surface area contributed by atoms with Gasteiger partial charge in [0.15, 0.2) is 0 Å². The van der Waals surface area contributed by atoms with E-state index in [1.807, 2.05) is 36.5 Å². The number of ether oxygens (including phenoxy) is 1. The van der Waals surface area contributed by atoms with E-state index < -0.39 is 6.04 Å². The number of amides is 1. The zero-order valence-corrected chi connectivity index (χ0v) is 15.8. The third-order valence-corrected chi connectivity index (χ3v) is 5.33. The van der Waals surface area contributed by atoms with Crippen molar-refractivity contribution < 1.29 is 14.3 Å². The zero-order valence-electron chi connectivity index (χ0n) is 14.9. The second-order valence-corrected chi connectivity index (χ2v) is 7.31. The highest BCUT2D eigenvalue weighted by atomic mass is 32.2. The molecule has 7 nitrogen and oxygen atoms in total. The average molecular weight is 394 g/mol. The van der Waals surface area contributed by atoms with Crippen molar-refractivity contribution in [3.8, 4) is 11.3 Å². The summed E-state index contributed by atoms with van der Waals surface area (Å²) in [6, 6.07) is 16.6. The van der Waals surface area contributed by atoms with Crippen molar-refractivity contribution in [3.63, 3.8) is 0 Å². The molecule has 3 aromatic rings. The van der Waals surface area contributed by atoms with E-state index in [0.717, 1.165) is 11.3 Å². The maximum absolute atomic E-state index is 12.3. The number of nitrogens with one attached hydrogen (secondary N) is 1. The molecule has 0 saturated carbocycles. The Morgan fingerprint density at radius 3 is 2.68 bits per heavy atom. The first-order chi connectivity index (χ1) is 13.7. The molecule has 4 rings (SSSR count). The van der Waals surface area contributed by atoms with Crippen LogP contribution in [0.25, 0.3) is 11.3 Å². The topological polar surface area (TPSA) is 86.1 Å². The van der Waals surface area contributed by atoms with Gasteiger partial charge in [-0.15, -0.1) is 16.9 Å². The van der Waals surface area contributed by atoms with Crippen LogP contribution in [0.2, 0.25) is 0 Å². The lowest BCUT2D eigenvalue weighted by atomic mass is 10.1. The summed E-state index contributed by atoms with van der Waals surface area (Å²) in [4.78, 5) is 24.9. The van der Waals surface area contributed by atoms with E-state index in [4.69, 9.17) is 4.74 Å². The summed E-state index contributed by atoms with van der Waals surface area (Å²) in [5.41, 5.74) is 2.09. The molecule has 1 aliphatic heterocycles. The Kier molecular flexibility index (Phi) is 5.38. The summed E-state index contributed by atoms with van der Waals surface area (Å²) in [7, 11) is 0. The largest absolute Gasteiger partial charge is 0.464 e. The second-order valence-electron chi connectivity index (χ2n) is 6.29. The summed E-state index contributed by atoms with van der Waals surface area (Å²) in [6.45, 7) is 0.348. The van der Waals surface area contributed by atoms with Gasteiger partial charge in [0.2, 0.25) is 0 Å². The van der Waals surface area contributed by atoms with Gasteiger partial charge in [0.25, 0.3) is 5.91 Å². The maximum atomic E-state index is 12.3. The predicted molar refractivity (Wildman–Crippen MR) is 105 cm³/mol. The molecule has 0 aliphatic carbocycles. The Balaban J connectivity index is 1.38. The van der Waals surface area contributed by atoms with E-state index in [1.54, 1.807) is 28.6 Å². The minimum atomic E-state index is -0.561. The molecule has 1 saturated heterocycles. The van der Waals surface area contributed by atoms with Crippen molar-refractivity contribution in [1.29, 1.82) is 0 Å². The van der Waals surface area contributed by atoms with Crippen LogP contribution < -0.4 is 5.32 Å². The van der Waals surface area contributed by atoms with Gasteiger partial charge in [0.05, 0.1) is 18.7 Å². The Labute approximate surface area is 166 Å². The monoisotopic (exact) mass is 394 g/mol. The fourth-order valence-corrected chi connectivity index (χ4v) is 3.57. The zero-order chi connectivity index (χ0) is 19.3. The number of benzene rings is 2. The van der Waals surface area contributed by atoms with Gasteiger partial charge in [-0.1, -0.05) is 35.5 Å². The lowest BCUT2D eigenvalue weighted by Crippen LogP contribution is -2.37. The number of hydrogen-bond acceptors (Lipinski definition) is 6. The predicted octanol–water partition coefficient (Wildman–Crippen LogP) is 2.74. The van der Waals surface area contributed by atoms with Crippen molar-refractivity contribution in [2.75, 3.05) is 6.61 Å². The minimum Gasteiger partial charge on any atom is -0.464 e. The average Bonchev–Trinajstić information content (AvgIpc) is 3.37. The molecule has 1 amide bonds. The fourth-order valence-electron chi connectivity index (χ4n) is 2.81. The van der Waals surface area contributed by atoms with Gasteiger partial charge in [0.1, 0.15) is 11.7 Å². The highest BCUT2D eigenvalue weighted by Crippen LogP contribution is 2.21. The lowest BCUT2D eigenvalue weighted by molar-refractivity contribution is -0.139. The normalized spacial score (nSPS) is 16.0. The number of carbonyl (C=O) groups excluding carboxylic acids is 2. The first kappa shape index (κ1) is 18.2. The van der Waals surface area contributed by atoms with Crippen molar-refractivity contribution in [2.24, 2.45) is 0 Å². The molecule has 0 radical (unpaired) electrons. The number of nitrogens with zero attached hydrogens (tertiary/aromatic N) is 3. The van der Waals surface area contributed by atoms with E-state index in [0.29, 0.717) is 24.5 Å². The molecule has 8 heteroatoms. The summed E-state index contributed by atoms with van der Waals surface area (Å²) in [6.07, 6.45) is 2.38. The molecule has 28 heavy (non-hydrogen) atoms. The highest BCUT2D eigenvalue weighted by Gasteiger charge is 2.28. The van der Waals surface area contributed by atoms with Crippen LogP contribution in [-0.2, 0) is 15.4 Å². The second kappa shape index (κ2) is 8.26. The van der Waals surface area contributed by atoms with Gasteiger partial charge >= 0.3 is 5.97 Å². The summed E-state index contributed by atoms with van der Waals surface area (Å²) in [5, 5.41) is 11.1. The molecule has 1 aliphatic rings. The van der Waals surface area contributed by atoms with Crippen LogP contribution in [0.15, 0.2) is 65.7 Å². The number of thioether (sulfide) groups is 1. The molecule has 0 bridgehead atoms. The SMILES string of the molecule is O=C(N[C@H]1CCOC1=O)c1ccc(-c2cn(CSc3ccccc3)nn2)cc1. The van der Waals surface area contributed by atoms with Crippen LogP contribution in [0, 0.1) is 0 Å². The molecule has 2 aromatic carbocycles. The molecular weight excluding hydrogens is 376 g/mol. The van der Waals surface area contributed by atoms with Crippen molar-refractivity contribution in [2.45, 2.75) is 23.2 Å². The van der Waals surface area contributed by atoms with Gasteiger partial charge in [-0.25, -0.2) is 9.48 Å². The van der Waals surface area contributed by atoms with Crippen LogP contribution >= 0.6 is 11.8 Å². The third kappa shape index (κ3) is 4.23. The minimum absolute atomic E-state index is 0.293. The summed E-state index contributed by atoms with van der Waals surface area (Å²) < 4.78 is 6.63. The van der Waals surface area contributed by atoms with Gasteiger partial charge in [-0.2, -0.15) is 0 Å². The van der Waals surface area contributed by atoms with Gasteiger partial charge in [-0.3, -0.25) is 4.79 Å². The van der Waals surface area contributed by atoms with Crippen LogP contribution in [0.3, 0.4) is 0 Å². The molecule has 1 aromatic heterocycles. The van der Waals surface area contributed by atoms with Crippen LogP contribution in [0.4, 0.5) is 0 Å². The van der Waals surface area contributed by atoms with Gasteiger partial charge < -0.3 is 10.1 Å². The Morgan fingerprint density at radius 1 is 1.18 bits per heavy atom. The molecule has 142 valence electrons. The van der Waals surface area contributed by atoms with E-state index in [-0.39, 0.29) is 11.9 Å². The van der Waals surface area contributed by atoms with E-state index >= 15 is 0 Å². The molecule has 1 fully saturated rings. The van der Waals surface area contributed by atoms with Crippen LogP contribution in [0.5, 0.6) is 0 Å². The standard InChI is InChI=1S/C20H18N4O3S/c25-19(21-17-10-11-27-20(17)26)15-8-6-14(7-9-15)18-12-24(23-22-18)13-28-16-4-2-1-3-5-16/h1-9,12,17H,10-11,13H2,(H,21,25)/t17-/m0/s1. The van der Waals surface area contributed by atoms with Crippen molar-refractivity contribution >= 4 is 23.6 Å². The first-order valence-electron chi connectivity index (χ1n) is 8.85. The Morgan fingerprint density at radius 2 is 1.96 bits per heavy atom. The number of cyclic esters (lactones) is 1. The number of esters is 1. The number of carbonyl (C=O) groups is 2. The Hall–Kier alpha value is -3.13. The quantitative estimate of drug-likeness (QED) is 0.511. The summed E-state index contributed by atoms with van der Waals surface area (Å²) >= 11 is 1.67. The molecule has 1 atom stereocenters. The van der Waals surface area contributed by atoms with Crippen LogP contribution in [-0.4, -0.2) is 39.5 Å². The third-order valence-electron chi connectivity index (χ3n) is 4.33. The van der Waals surface area contributed by atoms with Gasteiger partial charge in [0, 0.05) is 22.4 Å².